The van der Waals surface area contributed by atoms with Crippen molar-refractivity contribution in [2.75, 3.05) is 26.2 Å². The van der Waals surface area contributed by atoms with Crippen LogP contribution in [-0.4, -0.2) is 60.1 Å². The second kappa shape index (κ2) is 6.33. The van der Waals surface area contributed by atoms with E-state index in [-0.39, 0.29) is 32.1 Å². The number of benzene rings is 1. The first-order chi connectivity index (χ1) is 11.3. The summed E-state index contributed by atoms with van der Waals surface area (Å²) in [5.74, 6) is -0.442. The Hall–Kier alpha value is -2.25. The lowest BCUT2D eigenvalue weighted by atomic mass is 10.1. The number of nitrogens with zero attached hydrogens (tertiary/aromatic N) is 2. The van der Waals surface area contributed by atoms with Gasteiger partial charge in [0.05, 0.1) is 0 Å². The molecule has 3 rings (SSSR count). The largest absolute Gasteiger partial charge is 0.480 e. The van der Waals surface area contributed by atoms with Gasteiger partial charge in [-0.05, 0) is 11.6 Å². The minimum absolute atomic E-state index is 0.111. The molecule has 0 bridgehead atoms. The van der Waals surface area contributed by atoms with Crippen molar-refractivity contribution in [3.8, 4) is 5.75 Å². The molecule has 130 valence electrons. The number of rotatable bonds is 2. The summed E-state index contributed by atoms with van der Waals surface area (Å²) in [5.41, 5.74) is 0.967. The zero-order chi connectivity index (χ0) is 17.3. The standard InChI is InChI=1S/C16H17F3N2O3/c17-16(18,19)10-14(22)20-5-7-21(8-6-20)15(23)13-9-11-3-1-2-4-12(11)24-13/h1-4,13H,5-10H2/t13-/m0/s1. The van der Waals surface area contributed by atoms with Gasteiger partial charge >= 0.3 is 6.18 Å². The van der Waals surface area contributed by atoms with Gasteiger partial charge in [-0.2, -0.15) is 13.2 Å². The van der Waals surface area contributed by atoms with E-state index in [2.05, 4.69) is 0 Å². The predicted molar refractivity (Wildman–Crippen MR) is 78.4 cm³/mol. The summed E-state index contributed by atoms with van der Waals surface area (Å²) in [5, 5.41) is 0. The molecular formula is C16H17F3N2O3. The number of piperazine rings is 1. The van der Waals surface area contributed by atoms with Crippen molar-refractivity contribution < 1.29 is 27.5 Å². The molecule has 1 saturated heterocycles. The quantitative estimate of drug-likeness (QED) is 0.821. The number of hydrogen-bond acceptors (Lipinski definition) is 3. The fourth-order valence-corrected chi connectivity index (χ4v) is 2.98. The maximum atomic E-state index is 12.5. The van der Waals surface area contributed by atoms with E-state index in [1.54, 1.807) is 11.0 Å². The maximum Gasteiger partial charge on any atom is 0.397 e. The van der Waals surface area contributed by atoms with Crippen LogP contribution in [0.4, 0.5) is 13.2 Å². The van der Waals surface area contributed by atoms with E-state index in [4.69, 9.17) is 4.74 Å². The summed E-state index contributed by atoms with van der Waals surface area (Å²) in [6.45, 7) is 0.665. The van der Waals surface area contributed by atoms with E-state index in [9.17, 15) is 22.8 Å². The van der Waals surface area contributed by atoms with Gasteiger partial charge in [-0.3, -0.25) is 9.59 Å². The van der Waals surface area contributed by atoms with Crippen LogP contribution in [-0.2, 0) is 16.0 Å². The van der Waals surface area contributed by atoms with Gasteiger partial charge in [-0.1, -0.05) is 18.2 Å². The molecule has 1 aromatic carbocycles. The number of para-hydroxylation sites is 1. The van der Waals surface area contributed by atoms with Crippen LogP contribution in [0.3, 0.4) is 0 Å². The smallest absolute Gasteiger partial charge is 0.397 e. The van der Waals surface area contributed by atoms with Gasteiger partial charge in [0.1, 0.15) is 12.2 Å². The summed E-state index contributed by atoms with van der Waals surface area (Å²) in [6, 6.07) is 7.41. The summed E-state index contributed by atoms with van der Waals surface area (Å²) < 4.78 is 42.5. The second-order valence-corrected chi connectivity index (χ2v) is 5.92. The van der Waals surface area contributed by atoms with Crippen LogP contribution in [0.15, 0.2) is 24.3 Å². The molecule has 8 heteroatoms. The molecule has 1 aromatic rings. The van der Waals surface area contributed by atoms with E-state index in [0.717, 1.165) is 10.5 Å². The number of carbonyl (C=O) groups excluding carboxylic acids is 2. The second-order valence-electron chi connectivity index (χ2n) is 5.92. The minimum atomic E-state index is -4.51. The topological polar surface area (TPSA) is 49.9 Å². The molecular weight excluding hydrogens is 325 g/mol. The lowest BCUT2D eigenvalue weighted by Gasteiger charge is -2.35. The van der Waals surface area contributed by atoms with Crippen LogP contribution in [0.5, 0.6) is 5.75 Å². The van der Waals surface area contributed by atoms with Gasteiger partial charge in [0.2, 0.25) is 5.91 Å². The Morgan fingerprint density at radius 2 is 1.71 bits per heavy atom. The van der Waals surface area contributed by atoms with Gasteiger partial charge in [0, 0.05) is 32.6 Å². The molecule has 2 heterocycles. The highest BCUT2D eigenvalue weighted by Crippen LogP contribution is 2.29. The van der Waals surface area contributed by atoms with Gasteiger partial charge in [0.15, 0.2) is 6.10 Å². The minimum Gasteiger partial charge on any atom is -0.480 e. The first-order valence-corrected chi connectivity index (χ1v) is 7.71. The van der Waals surface area contributed by atoms with Crippen LogP contribution in [0.1, 0.15) is 12.0 Å². The lowest BCUT2D eigenvalue weighted by molar-refractivity contribution is -0.163. The number of fused-ring (bicyclic) bond motifs is 1. The molecule has 0 spiro atoms. The summed E-state index contributed by atoms with van der Waals surface area (Å²) >= 11 is 0. The van der Waals surface area contributed by atoms with Crippen molar-refractivity contribution >= 4 is 11.8 Å². The fraction of sp³-hybridized carbons (Fsp3) is 0.500. The normalized spacial score (nSPS) is 20.5. The highest BCUT2D eigenvalue weighted by atomic mass is 19.4. The monoisotopic (exact) mass is 342 g/mol. The van der Waals surface area contributed by atoms with Crippen LogP contribution in [0, 0.1) is 0 Å². The SMILES string of the molecule is O=C(CC(F)(F)F)N1CCN(C(=O)[C@@H]2Cc3ccccc3O2)CC1. The van der Waals surface area contributed by atoms with Crippen molar-refractivity contribution in [3.05, 3.63) is 29.8 Å². The van der Waals surface area contributed by atoms with Crippen molar-refractivity contribution in [3.63, 3.8) is 0 Å². The molecule has 0 N–H and O–H groups in total. The van der Waals surface area contributed by atoms with E-state index in [1.807, 2.05) is 18.2 Å². The van der Waals surface area contributed by atoms with E-state index in [1.165, 1.54) is 0 Å². The molecule has 24 heavy (non-hydrogen) atoms. The Labute approximate surface area is 137 Å². The fourth-order valence-electron chi connectivity index (χ4n) is 2.98. The predicted octanol–water partition coefficient (Wildman–Crippen LogP) is 1.61. The molecule has 0 radical (unpaired) electrons. The van der Waals surface area contributed by atoms with Crippen molar-refractivity contribution in [1.29, 1.82) is 0 Å². The van der Waals surface area contributed by atoms with Gasteiger partial charge < -0.3 is 14.5 Å². The Kier molecular flexibility index (Phi) is 4.38. The van der Waals surface area contributed by atoms with Crippen molar-refractivity contribution in [2.45, 2.75) is 25.1 Å². The van der Waals surface area contributed by atoms with Crippen LogP contribution in [0.25, 0.3) is 0 Å². The number of carbonyl (C=O) groups is 2. The average molecular weight is 342 g/mol. The number of alkyl halides is 3. The first-order valence-electron chi connectivity index (χ1n) is 7.71. The highest BCUT2D eigenvalue weighted by molar-refractivity contribution is 5.83. The molecule has 1 fully saturated rings. The molecule has 2 aliphatic heterocycles. The van der Waals surface area contributed by atoms with Crippen LogP contribution >= 0.6 is 0 Å². The molecule has 2 aliphatic rings. The number of hydrogen-bond donors (Lipinski definition) is 0. The Balaban J connectivity index is 1.52. The number of amides is 2. The van der Waals surface area contributed by atoms with Crippen LogP contribution < -0.4 is 4.74 Å². The summed E-state index contributed by atoms with van der Waals surface area (Å²) in [4.78, 5) is 26.8. The Morgan fingerprint density at radius 3 is 2.33 bits per heavy atom. The molecule has 0 saturated carbocycles. The molecule has 1 atom stereocenters. The van der Waals surface area contributed by atoms with Crippen LogP contribution in [0.2, 0.25) is 0 Å². The first kappa shape index (κ1) is 16.6. The van der Waals surface area contributed by atoms with E-state index >= 15 is 0 Å². The highest BCUT2D eigenvalue weighted by Gasteiger charge is 2.37. The summed E-state index contributed by atoms with van der Waals surface area (Å²) in [6.07, 6.45) is -6.07. The third-order valence-electron chi connectivity index (χ3n) is 4.22. The van der Waals surface area contributed by atoms with Gasteiger partial charge in [0.25, 0.3) is 5.91 Å². The third kappa shape index (κ3) is 3.63. The molecule has 0 unspecified atom stereocenters. The lowest BCUT2D eigenvalue weighted by Crippen LogP contribution is -2.54. The maximum absolute atomic E-state index is 12.5. The summed E-state index contributed by atoms with van der Waals surface area (Å²) in [7, 11) is 0. The average Bonchev–Trinajstić information content (AvgIpc) is 2.96. The number of halogens is 3. The van der Waals surface area contributed by atoms with Crippen molar-refractivity contribution in [1.82, 2.24) is 9.80 Å². The third-order valence-corrected chi connectivity index (χ3v) is 4.22. The molecule has 5 nitrogen and oxygen atoms in total. The molecule has 0 aromatic heterocycles. The van der Waals surface area contributed by atoms with E-state index < -0.39 is 24.6 Å². The zero-order valence-electron chi connectivity index (χ0n) is 12.9. The van der Waals surface area contributed by atoms with Crippen molar-refractivity contribution in [2.24, 2.45) is 0 Å². The molecule has 2 amide bonds. The molecule has 0 aliphatic carbocycles. The Morgan fingerprint density at radius 1 is 1.08 bits per heavy atom. The zero-order valence-corrected chi connectivity index (χ0v) is 12.9. The van der Waals surface area contributed by atoms with Gasteiger partial charge in [-0.15, -0.1) is 0 Å². The number of ether oxygens (including phenoxy) is 1. The van der Waals surface area contributed by atoms with Gasteiger partial charge in [-0.25, -0.2) is 0 Å². The van der Waals surface area contributed by atoms with E-state index in [0.29, 0.717) is 12.2 Å². The Bertz CT molecular complexity index is 615.